The van der Waals surface area contributed by atoms with Gasteiger partial charge in [-0.05, 0) is 0 Å². The van der Waals surface area contributed by atoms with E-state index in [0.29, 0.717) is 6.29 Å². The van der Waals surface area contributed by atoms with Gasteiger partial charge in [0.2, 0.25) is 5.91 Å². The van der Waals surface area contributed by atoms with Crippen LogP contribution in [0.4, 0.5) is 0 Å². The zero-order valence-corrected chi connectivity index (χ0v) is 6.45. The van der Waals surface area contributed by atoms with Crippen LogP contribution in [-0.4, -0.2) is 34.7 Å². The minimum atomic E-state index is -4.29. The predicted molar refractivity (Wildman–Crippen MR) is 36.0 cm³/mol. The molecule has 0 unspecified atom stereocenters. The van der Waals surface area contributed by atoms with Crippen molar-refractivity contribution in [3.63, 3.8) is 0 Å². The molecule has 0 aromatic heterocycles. The van der Waals surface area contributed by atoms with Gasteiger partial charge < -0.3 is 19.9 Å². The van der Waals surface area contributed by atoms with Gasteiger partial charge in [0, 0.05) is 0 Å². The molecule has 0 aliphatic carbocycles. The van der Waals surface area contributed by atoms with Crippen molar-refractivity contribution in [1.82, 2.24) is 5.32 Å². The Bertz CT molecular complexity index is 197. The van der Waals surface area contributed by atoms with Crippen molar-refractivity contribution in [3.8, 4) is 0 Å². The van der Waals surface area contributed by atoms with Crippen LogP contribution in [0.1, 0.15) is 0 Å². The smallest absolute Gasteiger partial charge is 0.334 e. The zero-order valence-electron chi connectivity index (χ0n) is 5.56. The molecule has 3 N–H and O–H groups in total. The highest BCUT2D eigenvalue weighted by Crippen LogP contribution is 2.33. The summed E-state index contributed by atoms with van der Waals surface area (Å²) in [5.41, 5.74) is 0. The third kappa shape index (κ3) is 7.18. The largest absolute Gasteiger partial charge is 0.349 e. The molecule has 1 amide bonds. The summed E-state index contributed by atoms with van der Waals surface area (Å²) in [7, 11) is -4.29. The highest BCUT2D eigenvalue weighted by Gasteiger charge is 2.17. The first-order chi connectivity index (χ1) is 4.95. The Morgan fingerprint density at radius 2 is 2.09 bits per heavy atom. The van der Waals surface area contributed by atoms with E-state index in [1.54, 1.807) is 0 Å². The summed E-state index contributed by atoms with van der Waals surface area (Å²) in [6, 6.07) is 0. The fraction of sp³-hybridized carbons (Fsp3) is 0.500. The molecule has 7 heteroatoms. The topological polar surface area (TPSA) is 104 Å². The average Bonchev–Trinajstić information content (AvgIpc) is 1.79. The first-order valence-electron chi connectivity index (χ1n) is 2.70. The Balaban J connectivity index is 3.70. The van der Waals surface area contributed by atoms with Gasteiger partial charge in [0.15, 0.2) is 0 Å². The summed E-state index contributed by atoms with van der Waals surface area (Å²) in [5.74, 6) is -0.828. The van der Waals surface area contributed by atoms with E-state index in [9.17, 15) is 14.2 Å². The molecule has 11 heavy (non-hydrogen) atoms. The molecule has 0 aromatic rings. The van der Waals surface area contributed by atoms with Crippen LogP contribution in [-0.2, 0) is 14.2 Å². The normalized spacial score (nSPS) is 10.7. The van der Waals surface area contributed by atoms with Gasteiger partial charge in [-0.2, -0.15) is 0 Å². The molecule has 64 valence electrons. The Labute approximate surface area is 62.8 Å². The van der Waals surface area contributed by atoms with Gasteiger partial charge >= 0.3 is 7.60 Å². The summed E-state index contributed by atoms with van der Waals surface area (Å²) in [5, 5.41) is 1.99. The van der Waals surface area contributed by atoms with Crippen LogP contribution in [0.3, 0.4) is 0 Å². The van der Waals surface area contributed by atoms with Crippen LogP contribution in [0.2, 0.25) is 0 Å². The first kappa shape index (κ1) is 10.3. The van der Waals surface area contributed by atoms with Gasteiger partial charge in [-0.15, -0.1) is 0 Å². The van der Waals surface area contributed by atoms with E-state index in [1.165, 1.54) is 0 Å². The molecule has 0 fully saturated rings. The van der Waals surface area contributed by atoms with Gasteiger partial charge in [0.25, 0.3) is 0 Å². The maximum absolute atomic E-state index is 10.5. The van der Waals surface area contributed by atoms with E-state index in [4.69, 9.17) is 9.79 Å². The van der Waals surface area contributed by atoms with Crippen molar-refractivity contribution in [2.45, 2.75) is 0 Å². The van der Waals surface area contributed by atoms with E-state index in [-0.39, 0.29) is 6.54 Å². The molecule has 0 atom stereocenters. The minimum absolute atomic E-state index is 0.223. The van der Waals surface area contributed by atoms with Crippen LogP contribution in [0.5, 0.6) is 0 Å². The minimum Gasteiger partial charge on any atom is -0.349 e. The van der Waals surface area contributed by atoms with E-state index >= 15 is 0 Å². The fourth-order valence-corrected chi connectivity index (χ4v) is 0.884. The maximum Gasteiger partial charge on any atom is 0.334 e. The number of hydrogen-bond acceptors (Lipinski definition) is 3. The predicted octanol–water partition coefficient (Wildman–Crippen LogP) is -1.52. The van der Waals surface area contributed by atoms with Crippen LogP contribution in [0.15, 0.2) is 0 Å². The Kier molecular flexibility index (Phi) is 3.95. The molecule has 0 rings (SSSR count). The number of carbonyl (C=O) groups excluding carboxylic acids is 2. The quantitative estimate of drug-likeness (QED) is 0.361. The number of rotatable bonds is 4. The molecule has 0 spiro atoms. The lowest BCUT2D eigenvalue weighted by Crippen LogP contribution is -2.27. The Morgan fingerprint density at radius 1 is 1.55 bits per heavy atom. The standard InChI is InChI=1S/C4H8NO5P/c6-2-1-5-4(7)3-11(8,9)10/h2H,1,3H2,(H,5,7)(H2,8,9,10). The highest BCUT2D eigenvalue weighted by molar-refractivity contribution is 7.52. The fourth-order valence-electron chi connectivity index (χ4n) is 0.398. The van der Waals surface area contributed by atoms with Crippen molar-refractivity contribution in [1.29, 1.82) is 0 Å². The lowest BCUT2D eigenvalue weighted by atomic mass is 10.6. The summed E-state index contributed by atoms with van der Waals surface area (Å²) in [4.78, 5) is 36.6. The van der Waals surface area contributed by atoms with Crippen LogP contribution in [0, 0.1) is 0 Å². The van der Waals surface area contributed by atoms with Gasteiger partial charge in [-0.3, -0.25) is 9.36 Å². The molecule has 0 saturated carbocycles. The summed E-state index contributed by atoms with van der Waals surface area (Å²) in [6.45, 7) is -0.223. The van der Waals surface area contributed by atoms with Crippen LogP contribution < -0.4 is 5.32 Å². The third-order valence-corrected chi connectivity index (χ3v) is 1.43. The molecule has 6 nitrogen and oxygen atoms in total. The SMILES string of the molecule is O=CCNC(=O)CP(=O)(O)O. The molecule has 0 bridgehead atoms. The second kappa shape index (κ2) is 4.23. The number of amides is 1. The lowest BCUT2D eigenvalue weighted by Gasteiger charge is -2.02. The van der Waals surface area contributed by atoms with Gasteiger partial charge in [-0.25, -0.2) is 0 Å². The average molecular weight is 181 g/mol. The van der Waals surface area contributed by atoms with E-state index in [2.05, 4.69) is 0 Å². The second-order valence-corrected chi connectivity index (χ2v) is 3.44. The highest BCUT2D eigenvalue weighted by atomic mass is 31.2. The van der Waals surface area contributed by atoms with Crippen molar-refractivity contribution in [2.75, 3.05) is 12.7 Å². The number of aldehydes is 1. The molecule has 0 aliphatic heterocycles. The van der Waals surface area contributed by atoms with E-state index in [0.717, 1.165) is 0 Å². The zero-order chi connectivity index (χ0) is 8.91. The second-order valence-electron chi connectivity index (χ2n) is 1.79. The molecule has 0 aromatic carbocycles. The molecule has 0 aliphatic rings. The van der Waals surface area contributed by atoms with Gasteiger partial charge in [0.1, 0.15) is 12.4 Å². The van der Waals surface area contributed by atoms with E-state index in [1.807, 2.05) is 5.32 Å². The number of carbonyl (C=O) groups is 2. The van der Waals surface area contributed by atoms with Crippen molar-refractivity contribution in [2.24, 2.45) is 0 Å². The molecular weight excluding hydrogens is 173 g/mol. The Hall–Kier alpha value is -0.710. The lowest BCUT2D eigenvalue weighted by molar-refractivity contribution is -0.120. The first-order valence-corrected chi connectivity index (χ1v) is 4.50. The third-order valence-electron chi connectivity index (χ3n) is 0.732. The van der Waals surface area contributed by atoms with Crippen LogP contribution in [0.25, 0.3) is 0 Å². The Morgan fingerprint density at radius 3 is 2.45 bits per heavy atom. The number of hydrogen-bond donors (Lipinski definition) is 3. The monoisotopic (exact) mass is 181 g/mol. The van der Waals surface area contributed by atoms with Crippen molar-refractivity contribution < 1.29 is 23.9 Å². The summed E-state index contributed by atoms with van der Waals surface area (Å²) >= 11 is 0. The molecule has 0 heterocycles. The van der Waals surface area contributed by atoms with E-state index < -0.39 is 19.7 Å². The van der Waals surface area contributed by atoms with Crippen LogP contribution >= 0.6 is 7.60 Å². The number of nitrogens with one attached hydrogen (secondary N) is 1. The van der Waals surface area contributed by atoms with Crippen molar-refractivity contribution >= 4 is 19.8 Å². The molecule has 0 radical (unpaired) electrons. The summed E-state index contributed by atoms with van der Waals surface area (Å²) < 4.78 is 10.2. The maximum atomic E-state index is 10.5. The molecular formula is C4H8NO5P. The van der Waals surface area contributed by atoms with Crippen molar-refractivity contribution in [3.05, 3.63) is 0 Å². The summed E-state index contributed by atoms with van der Waals surface area (Å²) in [6.07, 6.45) is -0.446. The van der Waals surface area contributed by atoms with Gasteiger partial charge in [0.05, 0.1) is 6.54 Å². The molecule has 0 saturated heterocycles. The van der Waals surface area contributed by atoms with Gasteiger partial charge in [-0.1, -0.05) is 0 Å².